The first kappa shape index (κ1) is 19.8. The van der Waals surface area contributed by atoms with Crippen LogP contribution in [0.25, 0.3) is 0 Å². The monoisotopic (exact) mass is 409 g/mol. The minimum Gasteiger partial charge on any atom is -0.327 e. The molecule has 1 heterocycles. The molecule has 0 fully saturated rings. The molecule has 5 nitrogen and oxygen atoms in total. The van der Waals surface area contributed by atoms with E-state index in [1.165, 1.54) is 19.1 Å². The van der Waals surface area contributed by atoms with Gasteiger partial charge in [0.15, 0.2) is 0 Å². The first-order valence-electron chi connectivity index (χ1n) is 8.18. The van der Waals surface area contributed by atoms with E-state index in [4.69, 9.17) is 11.6 Å². The second-order valence-corrected chi connectivity index (χ2v) is 6.50. The Kier molecular flexibility index (Phi) is 5.33. The number of anilines is 1. The molecule has 0 saturated heterocycles. The molecule has 0 radical (unpaired) electrons. The molecule has 28 heavy (non-hydrogen) atoms. The third-order valence-corrected chi connectivity index (χ3v) is 4.55. The summed E-state index contributed by atoms with van der Waals surface area (Å²) < 4.78 is 39.6. The van der Waals surface area contributed by atoms with E-state index in [2.05, 4.69) is 16.0 Å². The number of alkyl halides is 3. The maximum Gasteiger partial charge on any atom is 0.418 e. The van der Waals surface area contributed by atoms with E-state index in [0.717, 1.165) is 12.1 Å². The van der Waals surface area contributed by atoms with Crippen LogP contribution in [0.1, 0.15) is 24.1 Å². The van der Waals surface area contributed by atoms with Gasteiger partial charge in [0, 0.05) is 10.7 Å². The van der Waals surface area contributed by atoms with Gasteiger partial charge >= 0.3 is 12.2 Å². The first-order valence-corrected chi connectivity index (χ1v) is 8.56. The summed E-state index contributed by atoms with van der Waals surface area (Å²) in [6, 6.07) is 9.78. The van der Waals surface area contributed by atoms with Crippen molar-refractivity contribution in [1.29, 1.82) is 0 Å². The Morgan fingerprint density at radius 2 is 1.75 bits per heavy atom. The van der Waals surface area contributed by atoms with Gasteiger partial charge in [0.25, 0.3) is 5.91 Å². The van der Waals surface area contributed by atoms with Crippen LogP contribution in [-0.4, -0.2) is 11.9 Å². The van der Waals surface area contributed by atoms with Gasteiger partial charge in [-0.3, -0.25) is 4.79 Å². The van der Waals surface area contributed by atoms with E-state index >= 15 is 0 Å². The molecule has 1 unspecified atom stereocenters. The molecule has 2 aromatic carbocycles. The summed E-state index contributed by atoms with van der Waals surface area (Å²) in [4.78, 5) is 24.8. The minimum absolute atomic E-state index is 0.0599. The third-order valence-electron chi connectivity index (χ3n) is 4.21. The fraction of sp³-hybridized carbons (Fsp3) is 0.158. The highest BCUT2D eigenvalue weighted by molar-refractivity contribution is 6.31. The van der Waals surface area contributed by atoms with Crippen molar-refractivity contribution in [3.8, 4) is 0 Å². The van der Waals surface area contributed by atoms with Gasteiger partial charge in [0.05, 0.1) is 22.9 Å². The highest BCUT2D eigenvalue weighted by Crippen LogP contribution is 2.36. The Labute approximate surface area is 163 Å². The van der Waals surface area contributed by atoms with Crippen molar-refractivity contribution in [2.24, 2.45) is 0 Å². The van der Waals surface area contributed by atoms with E-state index in [1.807, 2.05) is 0 Å². The van der Waals surface area contributed by atoms with Crippen LogP contribution in [0.2, 0.25) is 5.02 Å². The van der Waals surface area contributed by atoms with Crippen molar-refractivity contribution < 1.29 is 22.8 Å². The Bertz CT molecular complexity index is 973. The average Bonchev–Trinajstić information content (AvgIpc) is 2.61. The molecular formula is C19H15ClF3N3O2. The summed E-state index contributed by atoms with van der Waals surface area (Å²) in [7, 11) is 0. The van der Waals surface area contributed by atoms with E-state index in [1.54, 1.807) is 24.3 Å². The zero-order chi connectivity index (χ0) is 20.5. The number of amides is 3. The lowest BCUT2D eigenvalue weighted by molar-refractivity contribution is -0.137. The van der Waals surface area contributed by atoms with E-state index in [9.17, 15) is 22.8 Å². The van der Waals surface area contributed by atoms with Crippen molar-refractivity contribution in [1.82, 2.24) is 10.6 Å². The number of hydrogen-bond donors (Lipinski definition) is 3. The number of urea groups is 1. The summed E-state index contributed by atoms with van der Waals surface area (Å²) >= 11 is 6.19. The molecule has 1 atom stereocenters. The number of carbonyl (C=O) groups is 2. The quantitative estimate of drug-likeness (QED) is 0.692. The lowest BCUT2D eigenvalue weighted by atomic mass is 9.94. The molecule has 2 aromatic rings. The predicted octanol–water partition coefficient (Wildman–Crippen LogP) is 4.63. The lowest BCUT2D eigenvalue weighted by Crippen LogP contribution is -2.46. The summed E-state index contributed by atoms with van der Waals surface area (Å²) in [6.45, 7) is 1.49. The number of benzene rings is 2. The second-order valence-electron chi connectivity index (χ2n) is 6.09. The second kappa shape index (κ2) is 7.55. The van der Waals surface area contributed by atoms with Crippen LogP contribution >= 0.6 is 11.6 Å². The summed E-state index contributed by atoms with van der Waals surface area (Å²) in [6.07, 6.45) is -4.63. The van der Waals surface area contributed by atoms with Crippen molar-refractivity contribution in [2.45, 2.75) is 19.1 Å². The van der Waals surface area contributed by atoms with E-state index < -0.39 is 29.7 Å². The van der Waals surface area contributed by atoms with Crippen LogP contribution < -0.4 is 16.0 Å². The molecular weight excluding hydrogens is 395 g/mol. The fourth-order valence-electron chi connectivity index (χ4n) is 2.97. The topological polar surface area (TPSA) is 70.2 Å². The van der Waals surface area contributed by atoms with Gasteiger partial charge in [0.2, 0.25) is 0 Å². The minimum atomic E-state index is -4.63. The van der Waals surface area contributed by atoms with Crippen LogP contribution in [0.5, 0.6) is 0 Å². The van der Waals surface area contributed by atoms with Crippen molar-refractivity contribution >= 4 is 29.2 Å². The number of nitrogens with one attached hydrogen (secondary N) is 3. The number of carbonyl (C=O) groups excluding carboxylic acids is 2. The Morgan fingerprint density at radius 3 is 2.43 bits per heavy atom. The highest BCUT2D eigenvalue weighted by atomic mass is 35.5. The van der Waals surface area contributed by atoms with E-state index in [0.29, 0.717) is 10.6 Å². The number of hydrogen-bond acceptors (Lipinski definition) is 2. The predicted molar refractivity (Wildman–Crippen MR) is 98.6 cm³/mol. The standard InChI is InChI=1S/C19H15ClF3N3O2/c1-10-15(16(26-18(28)24-10)11-6-2-4-8-13(11)20)17(27)25-14-9-5-3-7-12(14)19(21,22)23/h2-9,16H,1H3,(H,25,27)(H2,24,26,28). The van der Waals surface area contributed by atoms with Gasteiger partial charge in [-0.2, -0.15) is 13.2 Å². The van der Waals surface area contributed by atoms with Crippen molar-refractivity contribution in [3.63, 3.8) is 0 Å². The lowest BCUT2D eigenvalue weighted by Gasteiger charge is -2.29. The van der Waals surface area contributed by atoms with Crippen molar-refractivity contribution in [2.75, 3.05) is 5.32 Å². The molecule has 146 valence electrons. The molecule has 0 spiro atoms. The van der Waals surface area contributed by atoms with Crippen LogP contribution in [-0.2, 0) is 11.0 Å². The van der Waals surface area contributed by atoms with Crippen LogP contribution in [0, 0.1) is 0 Å². The van der Waals surface area contributed by atoms with E-state index in [-0.39, 0.29) is 17.0 Å². The maximum absolute atomic E-state index is 13.2. The molecule has 9 heteroatoms. The van der Waals surface area contributed by atoms with Crippen molar-refractivity contribution in [3.05, 3.63) is 76.0 Å². The van der Waals surface area contributed by atoms with Crippen LogP contribution in [0.3, 0.4) is 0 Å². The van der Waals surface area contributed by atoms with Gasteiger partial charge in [-0.25, -0.2) is 4.79 Å². The number of rotatable bonds is 3. The highest BCUT2D eigenvalue weighted by Gasteiger charge is 2.36. The number of allylic oxidation sites excluding steroid dienone is 1. The summed E-state index contributed by atoms with van der Waals surface area (Å²) in [5.41, 5.74) is -0.619. The van der Waals surface area contributed by atoms with Crippen LogP contribution in [0.15, 0.2) is 59.8 Å². The zero-order valence-electron chi connectivity index (χ0n) is 14.5. The fourth-order valence-corrected chi connectivity index (χ4v) is 3.21. The Balaban J connectivity index is 2.01. The molecule has 1 aliphatic rings. The number of halogens is 4. The SMILES string of the molecule is CC1=C(C(=O)Nc2ccccc2C(F)(F)F)C(c2ccccc2Cl)NC(=O)N1. The molecule has 0 saturated carbocycles. The van der Waals surface area contributed by atoms with Crippen LogP contribution in [0.4, 0.5) is 23.7 Å². The number of para-hydroxylation sites is 1. The molecule has 0 bridgehead atoms. The Morgan fingerprint density at radius 1 is 1.11 bits per heavy atom. The largest absolute Gasteiger partial charge is 0.418 e. The zero-order valence-corrected chi connectivity index (χ0v) is 15.3. The Hall–Kier alpha value is -3.00. The molecule has 0 aliphatic carbocycles. The summed E-state index contributed by atoms with van der Waals surface area (Å²) in [5.74, 6) is -0.786. The molecule has 3 N–H and O–H groups in total. The van der Waals surface area contributed by atoms with Gasteiger partial charge in [-0.1, -0.05) is 41.9 Å². The maximum atomic E-state index is 13.2. The third kappa shape index (κ3) is 3.96. The van der Waals surface area contributed by atoms with Gasteiger partial charge < -0.3 is 16.0 Å². The smallest absolute Gasteiger partial charge is 0.327 e. The molecule has 1 aliphatic heterocycles. The van der Waals surface area contributed by atoms with Gasteiger partial charge in [0.1, 0.15) is 0 Å². The molecule has 3 rings (SSSR count). The average molecular weight is 410 g/mol. The van der Waals surface area contributed by atoms with Gasteiger partial charge in [-0.05, 0) is 30.7 Å². The van der Waals surface area contributed by atoms with Gasteiger partial charge in [-0.15, -0.1) is 0 Å². The molecule has 3 amide bonds. The first-order chi connectivity index (χ1) is 13.2. The molecule has 0 aromatic heterocycles. The normalized spacial score (nSPS) is 17.0. The summed E-state index contributed by atoms with van der Waals surface area (Å²) in [5, 5.41) is 7.66.